The molecule has 0 unspecified atom stereocenters. The van der Waals surface area contributed by atoms with E-state index >= 15 is 0 Å². The summed E-state index contributed by atoms with van der Waals surface area (Å²) in [6.45, 7) is 1.69. The van der Waals surface area contributed by atoms with Gasteiger partial charge in [-0.15, -0.1) is 0 Å². The highest BCUT2D eigenvalue weighted by Gasteiger charge is 2.32. The number of alkyl halides is 3. The van der Waals surface area contributed by atoms with Gasteiger partial charge in [0.25, 0.3) is 5.91 Å². The van der Waals surface area contributed by atoms with E-state index in [4.69, 9.17) is 11.6 Å². The monoisotopic (exact) mass is 336 g/mol. The molecule has 1 aromatic carbocycles. The molecule has 0 aliphatic carbocycles. The third kappa shape index (κ3) is 4.62. The number of amides is 2. The molecule has 0 aromatic heterocycles. The van der Waals surface area contributed by atoms with Crippen LogP contribution >= 0.6 is 11.6 Å². The number of benzene rings is 1. The van der Waals surface area contributed by atoms with E-state index in [1.54, 1.807) is 6.92 Å². The Morgan fingerprint density at radius 2 is 1.91 bits per heavy atom. The number of nitrogens with one attached hydrogen (secondary N) is 1. The van der Waals surface area contributed by atoms with Crippen LogP contribution in [0, 0.1) is 5.92 Å². The molecule has 122 valence electrons. The van der Waals surface area contributed by atoms with Gasteiger partial charge in [-0.1, -0.05) is 18.5 Å². The Kier molecular flexibility index (Phi) is 5.82. The average Bonchev–Trinajstić information content (AvgIpc) is 2.43. The number of halogens is 4. The second-order valence-electron chi connectivity index (χ2n) is 4.93. The van der Waals surface area contributed by atoms with Gasteiger partial charge in [0.15, 0.2) is 0 Å². The number of hydrogen-bond donors (Lipinski definition) is 1. The van der Waals surface area contributed by atoms with Crippen molar-refractivity contribution in [2.75, 3.05) is 20.6 Å². The standard InChI is InChI=1S/C14H16ClF3N2O2/c1-8(12(21)19-2)7-20(3)13(22)9-4-10(14(16,17)18)6-11(15)5-9/h4-6,8H,7H2,1-3H3,(H,19,21)/t8-/m0/s1. The van der Waals surface area contributed by atoms with Crippen LogP contribution in [0.1, 0.15) is 22.8 Å². The van der Waals surface area contributed by atoms with E-state index in [1.165, 1.54) is 25.1 Å². The Balaban J connectivity index is 2.98. The maximum atomic E-state index is 12.7. The third-order valence-electron chi connectivity index (χ3n) is 3.06. The number of carbonyl (C=O) groups is 2. The minimum atomic E-state index is -4.59. The first-order valence-corrected chi connectivity index (χ1v) is 6.79. The van der Waals surface area contributed by atoms with Crippen molar-refractivity contribution in [2.45, 2.75) is 13.1 Å². The first-order chi connectivity index (χ1) is 10.1. The van der Waals surface area contributed by atoms with Crippen LogP contribution in [-0.4, -0.2) is 37.4 Å². The number of carbonyl (C=O) groups excluding carboxylic acids is 2. The van der Waals surface area contributed by atoms with Crippen LogP contribution in [-0.2, 0) is 11.0 Å². The lowest BCUT2D eigenvalue weighted by atomic mass is 10.1. The van der Waals surface area contributed by atoms with Crippen LogP contribution in [0.3, 0.4) is 0 Å². The molecule has 4 nitrogen and oxygen atoms in total. The summed E-state index contributed by atoms with van der Waals surface area (Å²) in [5, 5.41) is 2.27. The molecule has 0 radical (unpaired) electrons. The lowest BCUT2D eigenvalue weighted by molar-refractivity contribution is -0.137. The van der Waals surface area contributed by atoms with Crippen molar-refractivity contribution in [3.63, 3.8) is 0 Å². The summed E-state index contributed by atoms with van der Waals surface area (Å²) in [4.78, 5) is 24.8. The van der Waals surface area contributed by atoms with Gasteiger partial charge in [0.05, 0.1) is 11.5 Å². The number of rotatable bonds is 4. The normalized spacial score (nSPS) is 12.7. The Hall–Kier alpha value is -1.76. The summed E-state index contributed by atoms with van der Waals surface area (Å²) in [7, 11) is 2.88. The summed E-state index contributed by atoms with van der Waals surface area (Å²) in [6, 6.07) is 2.67. The van der Waals surface area contributed by atoms with Crippen molar-refractivity contribution in [3.05, 3.63) is 34.3 Å². The van der Waals surface area contributed by atoms with Gasteiger partial charge in [0, 0.05) is 31.2 Å². The van der Waals surface area contributed by atoms with Crippen LogP contribution in [0.5, 0.6) is 0 Å². The summed E-state index contributed by atoms with van der Waals surface area (Å²) in [5.74, 6) is -1.38. The molecule has 0 fully saturated rings. The summed E-state index contributed by atoms with van der Waals surface area (Å²) < 4.78 is 38.2. The molecule has 0 bridgehead atoms. The van der Waals surface area contributed by atoms with E-state index in [9.17, 15) is 22.8 Å². The van der Waals surface area contributed by atoms with Gasteiger partial charge >= 0.3 is 6.18 Å². The zero-order valence-corrected chi connectivity index (χ0v) is 13.0. The maximum absolute atomic E-state index is 12.7. The molecule has 1 N–H and O–H groups in total. The lowest BCUT2D eigenvalue weighted by Gasteiger charge is -2.21. The molecule has 1 rings (SSSR count). The first kappa shape index (κ1) is 18.3. The zero-order valence-electron chi connectivity index (χ0n) is 12.3. The molecule has 2 amide bonds. The van der Waals surface area contributed by atoms with E-state index in [-0.39, 0.29) is 23.0 Å². The van der Waals surface area contributed by atoms with Crippen LogP contribution in [0.2, 0.25) is 5.02 Å². The van der Waals surface area contributed by atoms with Crippen molar-refractivity contribution in [1.29, 1.82) is 0 Å². The fraction of sp³-hybridized carbons (Fsp3) is 0.429. The average molecular weight is 337 g/mol. The Bertz CT molecular complexity index is 576. The van der Waals surface area contributed by atoms with Gasteiger partial charge in [-0.2, -0.15) is 13.2 Å². The molecule has 1 aromatic rings. The molecule has 8 heteroatoms. The van der Waals surface area contributed by atoms with Gasteiger partial charge in [-0.3, -0.25) is 9.59 Å². The lowest BCUT2D eigenvalue weighted by Crippen LogP contribution is -2.37. The van der Waals surface area contributed by atoms with Crippen molar-refractivity contribution < 1.29 is 22.8 Å². The van der Waals surface area contributed by atoms with E-state index < -0.39 is 23.6 Å². The molecular formula is C14H16ClF3N2O2. The van der Waals surface area contributed by atoms with Crippen molar-refractivity contribution in [2.24, 2.45) is 5.92 Å². The van der Waals surface area contributed by atoms with Crippen LogP contribution in [0.4, 0.5) is 13.2 Å². The molecule has 0 spiro atoms. The van der Waals surface area contributed by atoms with Crippen LogP contribution in [0.25, 0.3) is 0 Å². The van der Waals surface area contributed by atoms with E-state index in [2.05, 4.69) is 5.32 Å². The topological polar surface area (TPSA) is 49.4 Å². The highest BCUT2D eigenvalue weighted by atomic mass is 35.5. The van der Waals surface area contributed by atoms with Crippen molar-refractivity contribution in [3.8, 4) is 0 Å². The fourth-order valence-electron chi connectivity index (χ4n) is 1.92. The number of nitrogens with zero attached hydrogens (tertiary/aromatic N) is 1. The Morgan fingerprint density at radius 3 is 2.41 bits per heavy atom. The predicted molar refractivity (Wildman–Crippen MR) is 76.6 cm³/mol. The minimum Gasteiger partial charge on any atom is -0.359 e. The summed E-state index contributed by atoms with van der Waals surface area (Å²) in [5.41, 5.74) is -1.16. The Morgan fingerprint density at radius 1 is 1.32 bits per heavy atom. The van der Waals surface area contributed by atoms with Gasteiger partial charge in [0.2, 0.25) is 5.91 Å². The third-order valence-corrected chi connectivity index (χ3v) is 3.28. The second kappa shape index (κ2) is 7.00. The van der Waals surface area contributed by atoms with Crippen molar-refractivity contribution in [1.82, 2.24) is 10.2 Å². The minimum absolute atomic E-state index is 0.0758. The van der Waals surface area contributed by atoms with E-state index in [0.717, 1.165) is 12.1 Å². The smallest absolute Gasteiger partial charge is 0.359 e. The molecule has 0 aliphatic rings. The zero-order chi connectivity index (χ0) is 17.1. The van der Waals surface area contributed by atoms with Gasteiger partial charge in [-0.05, 0) is 18.2 Å². The van der Waals surface area contributed by atoms with Crippen LogP contribution in [0.15, 0.2) is 18.2 Å². The maximum Gasteiger partial charge on any atom is 0.416 e. The highest BCUT2D eigenvalue weighted by Crippen LogP contribution is 2.32. The van der Waals surface area contributed by atoms with Gasteiger partial charge in [0.1, 0.15) is 0 Å². The molecule has 0 heterocycles. The second-order valence-corrected chi connectivity index (χ2v) is 5.36. The molecule has 0 aliphatic heterocycles. The molecular weight excluding hydrogens is 321 g/mol. The molecule has 1 atom stereocenters. The van der Waals surface area contributed by atoms with Gasteiger partial charge < -0.3 is 10.2 Å². The fourth-order valence-corrected chi connectivity index (χ4v) is 2.16. The first-order valence-electron chi connectivity index (χ1n) is 6.41. The molecule has 0 saturated heterocycles. The number of hydrogen-bond acceptors (Lipinski definition) is 2. The highest BCUT2D eigenvalue weighted by molar-refractivity contribution is 6.31. The van der Waals surface area contributed by atoms with Crippen LogP contribution < -0.4 is 5.32 Å². The van der Waals surface area contributed by atoms with E-state index in [0.29, 0.717) is 0 Å². The SMILES string of the molecule is CNC(=O)[C@@H](C)CN(C)C(=O)c1cc(Cl)cc(C(F)(F)F)c1. The molecule has 0 saturated carbocycles. The summed E-state index contributed by atoms with van der Waals surface area (Å²) >= 11 is 5.65. The Labute approximate surface area is 131 Å². The van der Waals surface area contributed by atoms with Crippen molar-refractivity contribution >= 4 is 23.4 Å². The van der Waals surface area contributed by atoms with E-state index in [1.807, 2.05) is 0 Å². The molecule has 22 heavy (non-hydrogen) atoms. The summed E-state index contributed by atoms with van der Waals surface area (Å²) in [6.07, 6.45) is -4.59. The quantitative estimate of drug-likeness (QED) is 0.919. The van der Waals surface area contributed by atoms with Gasteiger partial charge in [-0.25, -0.2) is 0 Å². The predicted octanol–water partition coefficient (Wildman–Crippen LogP) is 2.81. The largest absolute Gasteiger partial charge is 0.416 e.